The van der Waals surface area contributed by atoms with Crippen LogP contribution >= 0.6 is 0 Å². The first kappa shape index (κ1) is 70.2. The number of likely N-dealkylation sites (tertiary alicyclic amines) is 3. The molecule has 0 unspecified atom stereocenters. The van der Waals surface area contributed by atoms with Crippen LogP contribution in [0.15, 0.2) is 102 Å². The quantitative estimate of drug-likeness (QED) is 0.105. The summed E-state index contributed by atoms with van der Waals surface area (Å²) in [5.74, 6) is 0.571. The second-order valence-electron chi connectivity index (χ2n) is 28.0. The van der Waals surface area contributed by atoms with Crippen molar-refractivity contribution in [3.8, 4) is 0 Å². The zero-order chi connectivity index (χ0) is 68.9. The van der Waals surface area contributed by atoms with E-state index >= 15 is 0 Å². The fourth-order valence-corrected chi connectivity index (χ4v) is 17.6. The van der Waals surface area contributed by atoms with Crippen LogP contribution in [0.3, 0.4) is 0 Å². The molecule has 96 heavy (non-hydrogen) atoms. The van der Waals surface area contributed by atoms with Gasteiger partial charge in [-0.25, -0.2) is 13.1 Å². The zero-order valence-electron chi connectivity index (χ0n) is 56.4. The monoisotopic (exact) mass is 1350 g/mol. The van der Waals surface area contributed by atoms with Crippen LogP contribution in [0.2, 0.25) is 0 Å². The fourth-order valence-electron chi connectivity index (χ4n) is 16.3. The normalized spacial score (nSPS) is 20.2. The van der Waals surface area contributed by atoms with Crippen LogP contribution in [-0.4, -0.2) is 154 Å². The fraction of sp³-hybridized carbons (Fsp3) is 0.542. The van der Waals surface area contributed by atoms with Crippen molar-refractivity contribution in [1.82, 2.24) is 53.2 Å². The number of aryl methyl sites for hydroxylation is 2. The van der Waals surface area contributed by atoms with E-state index in [1.165, 1.54) is 70.7 Å². The van der Waals surface area contributed by atoms with Crippen molar-refractivity contribution in [1.29, 1.82) is 0 Å². The van der Waals surface area contributed by atoms with Crippen LogP contribution in [0.25, 0.3) is 0 Å². The van der Waals surface area contributed by atoms with Gasteiger partial charge in [-0.05, 0) is 189 Å². The Morgan fingerprint density at radius 2 is 1.12 bits per heavy atom. The molecular formula is C72H93F6N11O6S. The van der Waals surface area contributed by atoms with Crippen molar-refractivity contribution in [3.05, 3.63) is 165 Å². The van der Waals surface area contributed by atoms with Gasteiger partial charge in [0.2, 0.25) is 10.0 Å². The van der Waals surface area contributed by atoms with Crippen LogP contribution in [0.1, 0.15) is 199 Å². The van der Waals surface area contributed by atoms with Crippen molar-refractivity contribution in [2.75, 3.05) is 73.0 Å². The Morgan fingerprint density at radius 1 is 0.615 bits per heavy atom. The summed E-state index contributed by atoms with van der Waals surface area (Å²) in [6.07, 6.45) is 6.31. The Kier molecular flexibility index (Phi) is 20.0. The third-order valence-corrected chi connectivity index (χ3v) is 23.3. The third-order valence-electron chi connectivity index (χ3n) is 21.6. The predicted molar refractivity (Wildman–Crippen MR) is 356 cm³/mol. The predicted octanol–water partition coefficient (Wildman–Crippen LogP) is 12.2. The number of hydrogen-bond donors (Lipinski definition) is 2. The number of carbonyl (C=O) groups is 4. The van der Waals surface area contributed by atoms with E-state index in [9.17, 15) is 53.9 Å². The molecule has 13 rings (SSSR count). The number of rotatable bonds is 9. The number of hydrogen-bond acceptors (Lipinski definition) is 10. The van der Waals surface area contributed by atoms with E-state index in [0.717, 1.165) is 48.6 Å². The number of piperidine rings is 3. The molecule has 24 heteroatoms. The van der Waals surface area contributed by atoms with E-state index in [0.29, 0.717) is 119 Å². The Balaban J connectivity index is 0.000000158. The van der Waals surface area contributed by atoms with Crippen LogP contribution in [0.5, 0.6) is 0 Å². The number of likely N-dealkylation sites (N-methyl/N-ethyl adjacent to an activating group) is 2. The van der Waals surface area contributed by atoms with Crippen molar-refractivity contribution < 1.29 is 55.4 Å². The van der Waals surface area contributed by atoms with Crippen molar-refractivity contribution >= 4 is 33.5 Å². The molecule has 0 bridgehead atoms. The smallest absolute Gasteiger partial charge is 0.347 e. The Labute approximate surface area is 561 Å². The van der Waals surface area contributed by atoms with Gasteiger partial charge in [0, 0.05) is 132 Å². The zero-order valence-corrected chi connectivity index (χ0v) is 57.3. The minimum atomic E-state index is -4.41. The van der Waals surface area contributed by atoms with Crippen LogP contribution < -0.4 is 10.0 Å². The Bertz CT molecular complexity index is 3950. The lowest BCUT2D eigenvalue weighted by molar-refractivity contribution is -0.145. The van der Waals surface area contributed by atoms with E-state index < -0.39 is 44.8 Å². The number of benzene rings is 2. The average molecular weight is 1350 g/mol. The number of ketones is 1. The topological polar surface area (TPSA) is 170 Å². The summed E-state index contributed by atoms with van der Waals surface area (Å²) in [7, 11) is 0.256. The first-order valence-electron chi connectivity index (χ1n) is 33.9. The summed E-state index contributed by atoms with van der Waals surface area (Å²) < 4.78 is 113. The number of aromatic nitrogens is 4. The molecule has 3 amide bonds. The van der Waals surface area contributed by atoms with Gasteiger partial charge in [-0.15, -0.1) is 0 Å². The average Bonchev–Trinajstić information content (AvgIpc) is 1.68. The molecule has 3 saturated heterocycles. The Morgan fingerprint density at radius 3 is 1.60 bits per heavy atom. The summed E-state index contributed by atoms with van der Waals surface area (Å²) in [5, 5.41) is 3.89. The second-order valence-corrected chi connectivity index (χ2v) is 29.8. The maximum atomic E-state index is 13.5. The molecule has 6 aromatic rings. The van der Waals surface area contributed by atoms with Gasteiger partial charge in [-0.1, -0.05) is 51.3 Å². The first-order chi connectivity index (χ1) is 45.4. The molecule has 2 aromatic carbocycles. The largest absolute Gasteiger partial charge is 0.431 e. The first-order valence-corrected chi connectivity index (χ1v) is 35.4. The summed E-state index contributed by atoms with van der Waals surface area (Å²) in [4.78, 5) is 65.4. The molecule has 0 atom stereocenters. The highest BCUT2D eigenvalue weighted by Crippen LogP contribution is 2.47. The molecule has 17 nitrogen and oxygen atoms in total. The van der Waals surface area contributed by atoms with E-state index in [4.69, 9.17) is 0 Å². The number of nitrogens with one attached hydrogen (secondary N) is 2. The minimum Gasteiger partial charge on any atom is -0.347 e. The van der Waals surface area contributed by atoms with Gasteiger partial charge >= 0.3 is 12.4 Å². The number of sulfonamides is 1. The summed E-state index contributed by atoms with van der Waals surface area (Å²) in [6.45, 7) is 17.4. The molecule has 0 radical (unpaired) electrons. The molecule has 3 spiro atoms. The van der Waals surface area contributed by atoms with Crippen LogP contribution in [-0.2, 0) is 65.0 Å². The molecule has 4 aromatic heterocycles. The lowest BCUT2D eigenvalue weighted by atomic mass is 9.79. The molecular weight excluding hydrogens is 1260 g/mol. The molecule has 520 valence electrons. The molecule has 1 aliphatic carbocycles. The van der Waals surface area contributed by atoms with Gasteiger partial charge in [-0.3, -0.25) is 39.3 Å². The van der Waals surface area contributed by atoms with E-state index in [2.05, 4.69) is 61.4 Å². The van der Waals surface area contributed by atoms with Crippen molar-refractivity contribution in [2.24, 2.45) is 0 Å². The van der Waals surface area contributed by atoms with Gasteiger partial charge < -0.3 is 28.4 Å². The third kappa shape index (κ3) is 13.9. The summed E-state index contributed by atoms with van der Waals surface area (Å²) in [6, 6.07) is 24.2. The van der Waals surface area contributed by atoms with E-state index in [1.807, 2.05) is 50.3 Å². The number of halogens is 6. The molecule has 7 aliphatic rings. The number of amides is 3. The number of Topliss-reactive ketones (excluding diaryl/α,β-unsaturated/α-hetero) is 1. The minimum absolute atomic E-state index is 0. The van der Waals surface area contributed by atoms with Crippen LogP contribution in [0.4, 0.5) is 26.3 Å². The maximum Gasteiger partial charge on any atom is 0.431 e. The van der Waals surface area contributed by atoms with Crippen LogP contribution in [0, 0.1) is 6.92 Å². The maximum absolute atomic E-state index is 13.5. The highest BCUT2D eigenvalue weighted by atomic mass is 32.2. The number of nitrogens with zero attached hydrogens (tertiary/aromatic N) is 9. The van der Waals surface area contributed by atoms with Gasteiger partial charge in [0.25, 0.3) is 17.7 Å². The molecule has 1 saturated carbocycles. The number of fused-ring (bicyclic) bond motifs is 6. The highest BCUT2D eigenvalue weighted by molar-refractivity contribution is 7.89. The number of pyridine rings is 1. The van der Waals surface area contributed by atoms with Crippen molar-refractivity contribution in [3.63, 3.8) is 0 Å². The lowest BCUT2D eigenvalue weighted by Crippen LogP contribution is -2.63. The standard InChI is InChI=1S/C28H37N3O2.C23H29F3N4O3S.C21H25F3N4O.H2/c1-20(32)24-17-25-28(29-27(2,3)19-31(25)18-24)13-15-30(16-14-28)26(33)23-11-9-22(10-12-23)21-7-5-4-6-8-21;1-4-27-34(32,33)18-6-5-17(15-16(18)2)21(31)29-11-9-22(10-12-29)19-7-8-20(23(24,25)26)30(19)14-13-28(22)3;1-3-15-4-5-16(25-14-15)19(29)27-10-8-20(9-11-27)17-6-7-18(21(22,23)24)28(17)13-12-26(20)2;/h9-12,17-18,21,29H,4-8,13-16,19H2,1-3H3;5-8,15,27H,4,9-14H2,1-3H3;4-7,14H,3,8-13H2,1-2H3;1H. The molecule has 6 aliphatic heterocycles. The Hall–Kier alpha value is -7.12. The second kappa shape index (κ2) is 27.3. The van der Waals surface area contributed by atoms with Crippen molar-refractivity contribution in [2.45, 2.75) is 184 Å². The molecule has 10 heterocycles. The number of alkyl halides is 6. The van der Waals surface area contributed by atoms with Gasteiger partial charge in [0.15, 0.2) is 5.78 Å². The number of carbonyl (C=O) groups excluding carboxylic acids is 4. The van der Waals surface area contributed by atoms with Gasteiger partial charge in [0.1, 0.15) is 17.1 Å². The van der Waals surface area contributed by atoms with E-state index in [1.54, 1.807) is 61.0 Å². The SMILES string of the molecule is CC(=O)c1cc2n(c1)CC(C)(C)NC21CCN(C(=O)c2ccc(C3CCCCC3)cc2)CC1.CCNS(=O)(=O)c1ccc(C(=O)N2CCC3(CC2)c2ccc(C(F)(F)F)n2CCN3C)cc1C.CCc1ccc(C(=O)N2CCC3(CC2)c2ccc(C(F)(F)F)n2CCN3C)nc1.[HH]. The van der Waals surface area contributed by atoms with E-state index in [-0.39, 0.29) is 54.0 Å². The highest BCUT2D eigenvalue weighted by Gasteiger charge is 2.51. The summed E-state index contributed by atoms with van der Waals surface area (Å²) in [5.41, 5.74) is 5.35. The molecule has 4 fully saturated rings. The lowest BCUT2D eigenvalue weighted by Gasteiger charge is -2.51. The summed E-state index contributed by atoms with van der Waals surface area (Å²) >= 11 is 0. The van der Waals surface area contributed by atoms with Gasteiger partial charge in [0.05, 0.1) is 21.5 Å². The molecule has 2 N–H and O–H groups in total. The van der Waals surface area contributed by atoms with Gasteiger partial charge in [-0.2, -0.15) is 26.3 Å².